The van der Waals surface area contributed by atoms with Gasteiger partial charge in [0.25, 0.3) is 0 Å². The number of nitrogens with zero attached hydrogens (tertiary/aromatic N) is 1. The van der Waals surface area contributed by atoms with Crippen LogP contribution in [0.1, 0.15) is 26.2 Å². The van der Waals surface area contributed by atoms with Crippen molar-refractivity contribution in [1.29, 1.82) is 0 Å². The Morgan fingerprint density at radius 1 is 1.70 bits per heavy atom. The van der Waals surface area contributed by atoms with Gasteiger partial charge in [0.05, 0.1) is 0 Å². The lowest BCUT2D eigenvalue weighted by Crippen LogP contribution is -2.37. The van der Waals surface area contributed by atoms with Crippen LogP contribution in [0, 0.1) is 0 Å². The van der Waals surface area contributed by atoms with E-state index in [0.717, 1.165) is 25.8 Å². The summed E-state index contributed by atoms with van der Waals surface area (Å²) >= 11 is 0. The summed E-state index contributed by atoms with van der Waals surface area (Å²) in [5, 5.41) is 0. The van der Waals surface area contributed by atoms with Crippen molar-refractivity contribution in [3.05, 3.63) is 0 Å². The first-order valence-corrected chi connectivity index (χ1v) is 3.81. The highest BCUT2D eigenvalue weighted by molar-refractivity contribution is 5.72. The van der Waals surface area contributed by atoms with Gasteiger partial charge in [-0.1, -0.05) is 6.92 Å². The molecular weight excluding hydrogens is 128 g/mol. The Morgan fingerprint density at radius 3 is 2.60 bits per heavy atom. The Bertz CT molecular complexity index is 132. The molecule has 1 saturated carbocycles. The van der Waals surface area contributed by atoms with E-state index >= 15 is 0 Å². The van der Waals surface area contributed by atoms with Gasteiger partial charge in [-0.3, -0.25) is 0 Å². The van der Waals surface area contributed by atoms with Gasteiger partial charge in [0.15, 0.2) is 0 Å². The zero-order valence-electron chi connectivity index (χ0n) is 6.34. The molecule has 0 aromatic heterocycles. The SMILES string of the molecule is CCCN(C(N)=O)C1CC1. The van der Waals surface area contributed by atoms with E-state index in [2.05, 4.69) is 6.92 Å². The van der Waals surface area contributed by atoms with Gasteiger partial charge in [-0.2, -0.15) is 0 Å². The van der Waals surface area contributed by atoms with Crippen LogP contribution in [0.25, 0.3) is 0 Å². The average molecular weight is 142 g/mol. The summed E-state index contributed by atoms with van der Waals surface area (Å²) < 4.78 is 0. The maximum atomic E-state index is 10.7. The minimum absolute atomic E-state index is 0.260. The fourth-order valence-electron chi connectivity index (χ4n) is 1.10. The van der Waals surface area contributed by atoms with Crippen molar-refractivity contribution in [2.75, 3.05) is 6.54 Å². The maximum absolute atomic E-state index is 10.7. The van der Waals surface area contributed by atoms with Crippen LogP contribution in [0.3, 0.4) is 0 Å². The third-order valence-electron chi connectivity index (χ3n) is 1.74. The maximum Gasteiger partial charge on any atom is 0.315 e. The molecule has 58 valence electrons. The lowest BCUT2D eigenvalue weighted by atomic mass is 10.4. The highest BCUT2D eigenvalue weighted by atomic mass is 16.2. The van der Waals surface area contributed by atoms with E-state index < -0.39 is 0 Å². The monoisotopic (exact) mass is 142 g/mol. The Kier molecular flexibility index (Phi) is 2.14. The van der Waals surface area contributed by atoms with Gasteiger partial charge in [-0.25, -0.2) is 4.79 Å². The third kappa shape index (κ3) is 1.62. The van der Waals surface area contributed by atoms with Crippen LogP contribution in [-0.2, 0) is 0 Å². The molecule has 0 aromatic rings. The molecule has 0 aliphatic heterocycles. The molecule has 3 heteroatoms. The lowest BCUT2D eigenvalue weighted by Gasteiger charge is -2.18. The second-order valence-electron chi connectivity index (χ2n) is 2.76. The van der Waals surface area contributed by atoms with Gasteiger partial charge >= 0.3 is 6.03 Å². The first-order valence-electron chi connectivity index (χ1n) is 3.81. The van der Waals surface area contributed by atoms with E-state index in [0.29, 0.717) is 6.04 Å². The Balaban J connectivity index is 2.34. The Labute approximate surface area is 61.2 Å². The summed E-state index contributed by atoms with van der Waals surface area (Å²) in [7, 11) is 0. The summed E-state index contributed by atoms with van der Waals surface area (Å²) in [5.41, 5.74) is 5.15. The molecule has 0 aromatic carbocycles. The number of hydrogen-bond donors (Lipinski definition) is 1. The second-order valence-corrected chi connectivity index (χ2v) is 2.76. The normalized spacial score (nSPS) is 16.9. The molecule has 3 nitrogen and oxygen atoms in total. The molecule has 2 amide bonds. The number of amides is 2. The van der Waals surface area contributed by atoms with E-state index in [1.165, 1.54) is 0 Å². The molecule has 1 aliphatic carbocycles. The standard InChI is InChI=1S/C7H14N2O/c1-2-5-9(7(8)10)6-3-4-6/h6H,2-5H2,1H3,(H2,8,10). The highest BCUT2D eigenvalue weighted by Crippen LogP contribution is 2.26. The molecule has 1 aliphatic rings. The van der Waals surface area contributed by atoms with E-state index in [-0.39, 0.29) is 6.03 Å². The number of urea groups is 1. The molecule has 1 fully saturated rings. The fraction of sp³-hybridized carbons (Fsp3) is 0.857. The fourth-order valence-corrected chi connectivity index (χ4v) is 1.10. The molecule has 0 bridgehead atoms. The molecule has 2 N–H and O–H groups in total. The van der Waals surface area contributed by atoms with E-state index in [1.807, 2.05) is 0 Å². The van der Waals surface area contributed by atoms with Gasteiger partial charge in [0.2, 0.25) is 0 Å². The zero-order chi connectivity index (χ0) is 7.56. The van der Waals surface area contributed by atoms with Crippen molar-refractivity contribution in [3.63, 3.8) is 0 Å². The van der Waals surface area contributed by atoms with Crippen molar-refractivity contribution in [1.82, 2.24) is 4.90 Å². The molecule has 10 heavy (non-hydrogen) atoms. The number of carbonyl (C=O) groups excluding carboxylic acids is 1. The molecule has 0 unspecified atom stereocenters. The first kappa shape index (κ1) is 7.38. The zero-order valence-corrected chi connectivity index (χ0v) is 6.34. The van der Waals surface area contributed by atoms with Crippen molar-refractivity contribution in [3.8, 4) is 0 Å². The summed E-state index contributed by atoms with van der Waals surface area (Å²) in [6.07, 6.45) is 3.28. The molecular formula is C7H14N2O. The van der Waals surface area contributed by atoms with Gasteiger partial charge in [0, 0.05) is 12.6 Å². The largest absolute Gasteiger partial charge is 0.351 e. The van der Waals surface area contributed by atoms with Gasteiger partial charge in [0.1, 0.15) is 0 Å². The number of nitrogens with two attached hydrogens (primary N) is 1. The van der Waals surface area contributed by atoms with E-state index in [4.69, 9.17) is 5.73 Å². The quantitative estimate of drug-likeness (QED) is 0.626. The van der Waals surface area contributed by atoms with Crippen molar-refractivity contribution >= 4 is 6.03 Å². The number of carbonyl (C=O) groups is 1. The Hall–Kier alpha value is -0.730. The van der Waals surface area contributed by atoms with Crippen LogP contribution in [0.4, 0.5) is 4.79 Å². The van der Waals surface area contributed by atoms with Crippen LogP contribution < -0.4 is 5.73 Å². The molecule has 0 radical (unpaired) electrons. The van der Waals surface area contributed by atoms with Crippen LogP contribution in [0.2, 0.25) is 0 Å². The summed E-state index contributed by atoms with van der Waals surface area (Å²) in [4.78, 5) is 12.5. The van der Waals surface area contributed by atoms with Crippen LogP contribution in [0.5, 0.6) is 0 Å². The molecule has 0 heterocycles. The van der Waals surface area contributed by atoms with Crippen LogP contribution in [-0.4, -0.2) is 23.5 Å². The van der Waals surface area contributed by atoms with Crippen molar-refractivity contribution in [2.45, 2.75) is 32.2 Å². The van der Waals surface area contributed by atoms with Crippen LogP contribution in [0.15, 0.2) is 0 Å². The summed E-state index contributed by atoms with van der Waals surface area (Å²) in [5.74, 6) is 0. The number of rotatable bonds is 3. The Morgan fingerprint density at radius 2 is 2.30 bits per heavy atom. The van der Waals surface area contributed by atoms with Crippen LogP contribution >= 0.6 is 0 Å². The number of hydrogen-bond acceptors (Lipinski definition) is 1. The molecule has 1 rings (SSSR count). The smallest absolute Gasteiger partial charge is 0.315 e. The third-order valence-corrected chi connectivity index (χ3v) is 1.74. The first-order chi connectivity index (χ1) is 4.75. The van der Waals surface area contributed by atoms with Gasteiger partial charge in [-0.15, -0.1) is 0 Å². The molecule has 0 spiro atoms. The van der Waals surface area contributed by atoms with Gasteiger partial charge in [-0.05, 0) is 19.3 Å². The lowest BCUT2D eigenvalue weighted by molar-refractivity contribution is 0.204. The second kappa shape index (κ2) is 2.90. The number of primary amides is 1. The molecule has 0 atom stereocenters. The van der Waals surface area contributed by atoms with Crippen molar-refractivity contribution in [2.24, 2.45) is 5.73 Å². The minimum Gasteiger partial charge on any atom is -0.351 e. The minimum atomic E-state index is -0.260. The van der Waals surface area contributed by atoms with Gasteiger partial charge < -0.3 is 10.6 Å². The van der Waals surface area contributed by atoms with Crippen molar-refractivity contribution < 1.29 is 4.79 Å². The summed E-state index contributed by atoms with van der Waals surface area (Å²) in [6, 6.07) is 0.210. The molecule has 0 saturated heterocycles. The predicted octanol–water partition coefficient (Wildman–Crippen LogP) is 0.940. The average Bonchev–Trinajstić information content (AvgIpc) is 2.63. The highest BCUT2D eigenvalue weighted by Gasteiger charge is 2.30. The van der Waals surface area contributed by atoms with E-state index in [9.17, 15) is 4.79 Å². The van der Waals surface area contributed by atoms with E-state index in [1.54, 1.807) is 4.90 Å². The predicted molar refractivity (Wildman–Crippen MR) is 39.6 cm³/mol. The summed E-state index contributed by atoms with van der Waals surface area (Å²) in [6.45, 7) is 2.87. The topological polar surface area (TPSA) is 46.3 Å².